The fourth-order valence-corrected chi connectivity index (χ4v) is 2.41. The molecule has 2 rings (SSSR count). The second-order valence-electron chi connectivity index (χ2n) is 4.22. The van der Waals surface area contributed by atoms with Crippen LogP contribution in [0.1, 0.15) is 18.0 Å². The predicted molar refractivity (Wildman–Crippen MR) is 64.0 cm³/mol. The highest BCUT2D eigenvalue weighted by Gasteiger charge is 2.34. The molecule has 4 nitrogen and oxygen atoms in total. The average molecular weight is 256 g/mol. The quantitative estimate of drug-likeness (QED) is 0.860. The average Bonchev–Trinajstić information content (AvgIpc) is 2.61. The third-order valence-electron chi connectivity index (χ3n) is 3.02. The van der Waals surface area contributed by atoms with E-state index in [0.29, 0.717) is 18.0 Å². The van der Waals surface area contributed by atoms with Crippen molar-refractivity contribution in [3.05, 3.63) is 34.9 Å². The molecule has 0 amide bonds. The molecule has 17 heavy (non-hydrogen) atoms. The van der Waals surface area contributed by atoms with Crippen molar-refractivity contribution in [2.75, 3.05) is 13.1 Å². The molecular weight excluding hydrogens is 242 g/mol. The minimum atomic E-state index is -0.877. The molecule has 0 saturated carbocycles. The van der Waals surface area contributed by atoms with Crippen molar-refractivity contribution in [3.63, 3.8) is 0 Å². The lowest BCUT2D eigenvalue weighted by Crippen LogP contribution is -2.32. The minimum Gasteiger partial charge on any atom is -0.480 e. The van der Waals surface area contributed by atoms with Crippen molar-refractivity contribution in [1.82, 2.24) is 4.90 Å². The lowest BCUT2D eigenvalue weighted by molar-refractivity contribution is -0.138. The van der Waals surface area contributed by atoms with E-state index < -0.39 is 12.1 Å². The zero-order valence-electron chi connectivity index (χ0n) is 9.21. The number of carbonyl (C=O) groups is 1. The number of aliphatic hydroxyl groups excluding tert-OH is 1. The molecule has 1 heterocycles. The monoisotopic (exact) mass is 255 g/mol. The maximum Gasteiger partial charge on any atom is 0.317 e. The smallest absolute Gasteiger partial charge is 0.317 e. The topological polar surface area (TPSA) is 60.8 Å². The van der Waals surface area contributed by atoms with E-state index in [1.807, 2.05) is 12.1 Å². The van der Waals surface area contributed by atoms with Gasteiger partial charge >= 0.3 is 5.97 Å². The molecule has 1 aliphatic rings. The maximum absolute atomic E-state index is 10.7. The molecule has 2 atom stereocenters. The number of hydrogen-bond acceptors (Lipinski definition) is 3. The number of carboxylic acid groups (broad SMARTS) is 1. The zero-order chi connectivity index (χ0) is 12.4. The Bertz CT molecular complexity index is 407. The van der Waals surface area contributed by atoms with Gasteiger partial charge in [0.15, 0.2) is 0 Å². The van der Waals surface area contributed by atoms with Crippen molar-refractivity contribution in [2.24, 2.45) is 0 Å². The molecule has 1 aromatic rings. The molecule has 1 aliphatic heterocycles. The van der Waals surface area contributed by atoms with Crippen LogP contribution in [0.5, 0.6) is 0 Å². The molecule has 1 saturated heterocycles. The number of benzene rings is 1. The summed E-state index contributed by atoms with van der Waals surface area (Å²) in [6.45, 7) is 0.547. The van der Waals surface area contributed by atoms with Crippen LogP contribution in [0.25, 0.3) is 0 Å². The Morgan fingerprint density at radius 3 is 2.65 bits per heavy atom. The molecule has 0 aliphatic carbocycles. The van der Waals surface area contributed by atoms with E-state index in [9.17, 15) is 9.90 Å². The summed E-state index contributed by atoms with van der Waals surface area (Å²) in [5.41, 5.74) is 0.903. The SMILES string of the molecule is O=C(O)CN1CC[C@@H](O)[C@H]1c1ccc(Cl)cc1. The van der Waals surface area contributed by atoms with Crippen molar-refractivity contribution >= 4 is 17.6 Å². The molecular formula is C12H14ClNO3. The number of carboxylic acids is 1. The van der Waals surface area contributed by atoms with E-state index >= 15 is 0 Å². The molecule has 1 aromatic carbocycles. The lowest BCUT2D eigenvalue weighted by atomic mass is 10.0. The van der Waals surface area contributed by atoms with Gasteiger partial charge in [-0.2, -0.15) is 0 Å². The first kappa shape index (κ1) is 12.4. The summed E-state index contributed by atoms with van der Waals surface area (Å²) in [5.74, 6) is -0.877. The molecule has 0 aromatic heterocycles. The molecule has 1 fully saturated rings. The number of halogens is 1. The van der Waals surface area contributed by atoms with Crippen molar-refractivity contribution in [3.8, 4) is 0 Å². The summed E-state index contributed by atoms with van der Waals surface area (Å²) in [7, 11) is 0. The minimum absolute atomic E-state index is 0.0512. The van der Waals surface area contributed by atoms with Crippen LogP contribution in [0, 0.1) is 0 Å². The van der Waals surface area contributed by atoms with Crippen LogP contribution >= 0.6 is 11.6 Å². The molecule has 2 N–H and O–H groups in total. The molecule has 5 heteroatoms. The number of likely N-dealkylation sites (tertiary alicyclic amines) is 1. The number of rotatable bonds is 3. The van der Waals surface area contributed by atoms with Gasteiger partial charge in [0.25, 0.3) is 0 Å². The molecule has 0 unspecified atom stereocenters. The first-order chi connectivity index (χ1) is 8.08. The summed E-state index contributed by atoms with van der Waals surface area (Å²) >= 11 is 5.81. The van der Waals surface area contributed by atoms with Crippen LogP contribution in [-0.4, -0.2) is 40.3 Å². The van der Waals surface area contributed by atoms with E-state index in [1.165, 1.54) is 0 Å². The van der Waals surface area contributed by atoms with Gasteiger partial charge in [-0.3, -0.25) is 9.69 Å². The molecule has 0 spiro atoms. The first-order valence-corrected chi connectivity index (χ1v) is 5.85. The Morgan fingerprint density at radius 2 is 2.06 bits per heavy atom. The van der Waals surface area contributed by atoms with Crippen LogP contribution in [0.15, 0.2) is 24.3 Å². The van der Waals surface area contributed by atoms with Gasteiger partial charge in [0.2, 0.25) is 0 Å². The summed E-state index contributed by atoms with van der Waals surface area (Å²) < 4.78 is 0. The summed E-state index contributed by atoms with van der Waals surface area (Å²) in [6, 6.07) is 6.91. The second kappa shape index (κ2) is 5.04. The van der Waals surface area contributed by atoms with Gasteiger partial charge in [0, 0.05) is 11.6 Å². The Labute approximate surface area is 104 Å². The van der Waals surface area contributed by atoms with Crippen LogP contribution in [0.2, 0.25) is 5.02 Å². The second-order valence-corrected chi connectivity index (χ2v) is 4.65. The number of aliphatic hydroxyl groups is 1. The fraction of sp³-hybridized carbons (Fsp3) is 0.417. The Morgan fingerprint density at radius 1 is 1.41 bits per heavy atom. The number of hydrogen-bond donors (Lipinski definition) is 2. The third kappa shape index (κ3) is 2.77. The van der Waals surface area contributed by atoms with Crippen LogP contribution in [0.4, 0.5) is 0 Å². The van der Waals surface area contributed by atoms with Gasteiger partial charge in [-0.05, 0) is 24.1 Å². The fourth-order valence-electron chi connectivity index (χ4n) is 2.28. The first-order valence-electron chi connectivity index (χ1n) is 5.47. The Balaban J connectivity index is 2.21. The van der Waals surface area contributed by atoms with E-state index in [0.717, 1.165) is 5.56 Å². The predicted octanol–water partition coefficient (Wildman–Crippen LogP) is 1.53. The Hall–Kier alpha value is -1.10. The highest BCUT2D eigenvalue weighted by molar-refractivity contribution is 6.30. The zero-order valence-corrected chi connectivity index (χ0v) is 9.97. The van der Waals surface area contributed by atoms with Crippen molar-refractivity contribution < 1.29 is 15.0 Å². The van der Waals surface area contributed by atoms with E-state index in [1.54, 1.807) is 17.0 Å². The molecule has 0 radical (unpaired) electrons. The summed E-state index contributed by atoms with van der Waals surface area (Å²) in [4.78, 5) is 12.5. The van der Waals surface area contributed by atoms with E-state index in [4.69, 9.17) is 16.7 Å². The third-order valence-corrected chi connectivity index (χ3v) is 3.27. The lowest BCUT2D eigenvalue weighted by Gasteiger charge is -2.25. The van der Waals surface area contributed by atoms with Gasteiger partial charge in [0.05, 0.1) is 18.7 Å². The van der Waals surface area contributed by atoms with Crippen LogP contribution < -0.4 is 0 Å². The number of aliphatic carboxylic acids is 1. The highest BCUT2D eigenvalue weighted by Crippen LogP contribution is 2.32. The maximum atomic E-state index is 10.7. The van der Waals surface area contributed by atoms with Crippen LogP contribution in [-0.2, 0) is 4.79 Å². The van der Waals surface area contributed by atoms with Gasteiger partial charge in [0.1, 0.15) is 0 Å². The van der Waals surface area contributed by atoms with Crippen molar-refractivity contribution in [1.29, 1.82) is 0 Å². The summed E-state index contributed by atoms with van der Waals surface area (Å²) in [5, 5.41) is 19.4. The Kier molecular flexibility index (Phi) is 3.66. The van der Waals surface area contributed by atoms with E-state index in [2.05, 4.69) is 0 Å². The van der Waals surface area contributed by atoms with Gasteiger partial charge in [-0.1, -0.05) is 23.7 Å². The number of nitrogens with zero attached hydrogens (tertiary/aromatic N) is 1. The highest BCUT2D eigenvalue weighted by atomic mass is 35.5. The standard InChI is InChI=1S/C12H14ClNO3/c13-9-3-1-8(2-4-9)12-10(15)5-6-14(12)7-11(16)17/h1-4,10,12,15H,5-7H2,(H,16,17)/t10-,12-/m1/s1. The summed E-state index contributed by atoms with van der Waals surface area (Å²) in [6.07, 6.45) is 0.0798. The van der Waals surface area contributed by atoms with Crippen LogP contribution in [0.3, 0.4) is 0 Å². The normalized spacial score (nSPS) is 25.1. The van der Waals surface area contributed by atoms with Crippen molar-refractivity contribution in [2.45, 2.75) is 18.6 Å². The largest absolute Gasteiger partial charge is 0.480 e. The molecule has 92 valence electrons. The van der Waals surface area contributed by atoms with Gasteiger partial charge in [-0.15, -0.1) is 0 Å². The molecule has 0 bridgehead atoms. The van der Waals surface area contributed by atoms with Gasteiger partial charge < -0.3 is 10.2 Å². The van der Waals surface area contributed by atoms with E-state index in [-0.39, 0.29) is 12.6 Å². The van der Waals surface area contributed by atoms with Gasteiger partial charge in [-0.25, -0.2) is 0 Å².